The molecule has 1 amide bonds. The van der Waals surface area contributed by atoms with Crippen molar-refractivity contribution in [1.82, 2.24) is 10.4 Å². The number of nitrogens with zero attached hydrogens (tertiary/aromatic N) is 2. The zero-order chi connectivity index (χ0) is 11.7. The molecule has 1 fully saturated rings. The van der Waals surface area contributed by atoms with Crippen molar-refractivity contribution in [3.05, 3.63) is 42.2 Å². The molecule has 4 heteroatoms. The van der Waals surface area contributed by atoms with E-state index in [0.29, 0.717) is 17.4 Å². The fourth-order valence-electron chi connectivity index (χ4n) is 2.35. The minimum absolute atomic E-state index is 0.172. The predicted octanol–water partition coefficient (Wildman–Crippen LogP) is 1.76. The van der Waals surface area contributed by atoms with Crippen molar-refractivity contribution < 1.29 is 4.79 Å². The van der Waals surface area contributed by atoms with Gasteiger partial charge in [-0.15, -0.1) is 0 Å². The van der Waals surface area contributed by atoms with Crippen LogP contribution in [-0.4, -0.2) is 16.6 Å². The molecular formula is C13H13N3O. The molecule has 17 heavy (non-hydrogen) atoms. The zero-order valence-corrected chi connectivity index (χ0v) is 9.34. The molecule has 86 valence electrons. The Morgan fingerprint density at radius 3 is 3.00 bits per heavy atom. The lowest BCUT2D eigenvalue weighted by Crippen LogP contribution is -2.35. The van der Waals surface area contributed by atoms with Gasteiger partial charge in [-0.25, -0.2) is 5.43 Å². The second-order valence-electron chi connectivity index (χ2n) is 4.42. The summed E-state index contributed by atoms with van der Waals surface area (Å²) in [6, 6.07) is 3.35. The maximum atomic E-state index is 11.7. The first-order chi connectivity index (χ1) is 8.34. The van der Waals surface area contributed by atoms with Gasteiger partial charge in [-0.1, -0.05) is 12.2 Å². The van der Waals surface area contributed by atoms with Gasteiger partial charge in [-0.3, -0.25) is 9.78 Å². The van der Waals surface area contributed by atoms with E-state index in [2.05, 4.69) is 27.7 Å². The smallest absolute Gasteiger partial charge is 0.267 e. The van der Waals surface area contributed by atoms with Crippen molar-refractivity contribution in [3.8, 4) is 0 Å². The summed E-state index contributed by atoms with van der Waals surface area (Å²) in [4.78, 5) is 15.6. The van der Waals surface area contributed by atoms with Crippen LogP contribution in [0.4, 0.5) is 0 Å². The molecule has 2 aliphatic carbocycles. The standard InChI is InChI=1S/C13H13N3O/c17-13(9-4-6-14-7-5-9)16-15-12-8-10-2-1-3-11(10)12/h1-2,4-7,10-11H,3,8H2,(H,16,17)/b15-12+. The second kappa shape index (κ2) is 4.13. The summed E-state index contributed by atoms with van der Waals surface area (Å²) in [5.74, 6) is 1.02. The van der Waals surface area contributed by atoms with Crippen molar-refractivity contribution >= 4 is 11.6 Å². The highest BCUT2D eigenvalue weighted by Crippen LogP contribution is 2.39. The number of hydrogen-bond acceptors (Lipinski definition) is 3. The number of carbonyl (C=O) groups excluding carboxylic acids is 1. The van der Waals surface area contributed by atoms with Crippen LogP contribution in [0.25, 0.3) is 0 Å². The van der Waals surface area contributed by atoms with Gasteiger partial charge in [0.05, 0.1) is 0 Å². The quantitative estimate of drug-likeness (QED) is 0.618. The first-order valence-corrected chi connectivity index (χ1v) is 5.78. The van der Waals surface area contributed by atoms with Gasteiger partial charge in [0.2, 0.25) is 0 Å². The van der Waals surface area contributed by atoms with Gasteiger partial charge in [0.1, 0.15) is 0 Å². The molecule has 3 rings (SSSR count). The van der Waals surface area contributed by atoms with E-state index >= 15 is 0 Å². The van der Waals surface area contributed by atoms with Gasteiger partial charge in [0.15, 0.2) is 0 Å². The van der Waals surface area contributed by atoms with Crippen LogP contribution in [-0.2, 0) is 0 Å². The highest BCUT2D eigenvalue weighted by molar-refractivity contribution is 5.97. The Kier molecular flexibility index (Phi) is 2.48. The van der Waals surface area contributed by atoms with Crippen LogP contribution in [0.2, 0.25) is 0 Å². The van der Waals surface area contributed by atoms with Crippen molar-refractivity contribution in [3.63, 3.8) is 0 Å². The third kappa shape index (κ3) is 1.86. The third-order valence-corrected chi connectivity index (χ3v) is 3.41. The number of amides is 1. The van der Waals surface area contributed by atoms with Crippen LogP contribution in [0, 0.1) is 11.8 Å². The molecule has 1 saturated carbocycles. The maximum Gasteiger partial charge on any atom is 0.271 e. The first kappa shape index (κ1) is 10.2. The second-order valence-corrected chi connectivity index (χ2v) is 4.42. The number of rotatable bonds is 2. The van der Waals surface area contributed by atoms with E-state index in [0.717, 1.165) is 18.6 Å². The molecule has 2 unspecified atom stereocenters. The number of aromatic nitrogens is 1. The maximum absolute atomic E-state index is 11.7. The monoisotopic (exact) mass is 227 g/mol. The number of pyridine rings is 1. The fraction of sp³-hybridized carbons (Fsp3) is 0.308. The van der Waals surface area contributed by atoms with Crippen LogP contribution in [0.5, 0.6) is 0 Å². The Labute approximate surface area is 99.4 Å². The summed E-state index contributed by atoms with van der Waals surface area (Å²) in [6.45, 7) is 0. The van der Waals surface area contributed by atoms with E-state index in [-0.39, 0.29) is 5.91 Å². The molecule has 4 nitrogen and oxygen atoms in total. The number of allylic oxidation sites excluding steroid dienone is 2. The lowest BCUT2D eigenvalue weighted by molar-refractivity contribution is 0.0954. The normalized spacial score (nSPS) is 27.6. The molecule has 2 aliphatic rings. The Morgan fingerprint density at radius 2 is 2.24 bits per heavy atom. The Bertz CT molecular complexity index is 493. The van der Waals surface area contributed by atoms with E-state index in [1.807, 2.05) is 0 Å². The summed E-state index contributed by atoms with van der Waals surface area (Å²) in [6.07, 6.45) is 9.69. The number of carbonyl (C=O) groups is 1. The largest absolute Gasteiger partial charge is 0.271 e. The van der Waals surface area contributed by atoms with E-state index in [1.165, 1.54) is 0 Å². The van der Waals surface area contributed by atoms with Crippen LogP contribution in [0.1, 0.15) is 23.2 Å². The highest BCUT2D eigenvalue weighted by atomic mass is 16.2. The molecule has 1 aromatic rings. The van der Waals surface area contributed by atoms with Crippen LogP contribution >= 0.6 is 0 Å². The first-order valence-electron chi connectivity index (χ1n) is 5.78. The molecule has 1 N–H and O–H groups in total. The number of nitrogens with one attached hydrogen (secondary N) is 1. The average Bonchev–Trinajstić information content (AvgIpc) is 2.72. The van der Waals surface area contributed by atoms with Crippen molar-refractivity contribution in [2.75, 3.05) is 0 Å². The van der Waals surface area contributed by atoms with Crippen molar-refractivity contribution in [2.24, 2.45) is 16.9 Å². The van der Waals surface area contributed by atoms with Crippen LogP contribution in [0.15, 0.2) is 41.8 Å². The molecule has 0 aromatic carbocycles. The van der Waals surface area contributed by atoms with E-state index in [9.17, 15) is 4.79 Å². The zero-order valence-electron chi connectivity index (χ0n) is 9.34. The number of hydrazone groups is 1. The van der Waals surface area contributed by atoms with Crippen molar-refractivity contribution in [2.45, 2.75) is 12.8 Å². The Morgan fingerprint density at radius 1 is 1.41 bits per heavy atom. The molecule has 0 spiro atoms. The molecule has 2 atom stereocenters. The lowest BCUT2D eigenvalue weighted by atomic mass is 9.74. The van der Waals surface area contributed by atoms with E-state index in [4.69, 9.17) is 0 Å². The summed E-state index contributed by atoms with van der Waals surface area (Å²) in [5, 5.41) is 4.21. The van der Waals surface area contributed by atoms with Gasteiger partial charge in [-0.05, 0) is 30.9 Å². The third-order valence-electron chi connectivity index (χ3n) is 3.41. The van der Waals surface area contributed by atoms with E-state index < -0.39 is 0 Å². The van der Waals surface area contributed by atoms with Crippen LogP contribution < -0.4 is 5.43 Å². The van der Waals surface area contributed by atoms with E-state index in [1.54, 1.807) is 24.5 Å². The molecule has 0 saturated heterocycles. The highest BCUT2D eigenvalue weighted by Gasteiger charge is 2.37. The van der Waals surface area contributed by atoms with Gasteiger partial charge >= 0.3 is 0 Å². The fourth-order valence-corrected chi connectivity index (χ4v) is 2.35. The summed E-state index contributed by atoms with van der Waals surface area (Å²) < 4.78 is 0. The minimum atomic E-state index is -0.172. The Balaban J connectivity index is 1.62. The van der Waals surface area contributed by atoms with Gasteiger partial charge in [0.25, 0.3) is 5.91 Å². The summed E-state index contributed by atoms with van der Waals surface area (Å²) >= 11 is 0. The predicted molar refractivity (Wildman–Crippen MR) is 64.5 cm³/mol. The van der Waals surface area contributed by atoms with Gasteiger partial charge in [-0.2, -0.15) is 5.10 Å². The lowest BCUT2D eigenvalue weighted by Gasteiger charge is -2.31. The summed E-state index contributed by atoms with van der Waals surface area (Å²) in [5.41, 5.74) is 4.31. The SMILES string of the molecule is O=C(N/N=C1\CC2C=CCC12)c1ccncc1. The van der Waals surface area contributed by atoms with Crippen LogP contribution in [0.3, 0.4) is 0 Å². The molecular weight excluding hydrogens is 214 g/mol. The topological polar surface area (TPSA) is 54.4 Å². The minimum Gasteiger partial charge on any atom is -0.267 e. The number of fused-ring (bicyclic) bond motifs is 1. The molecule has 0 bridgehead atoms. The molecule has 0 radical (unpaired) electrons. The Hall–Kier alpha value is -1.97. The number of hydrogen-bond donors (Lipinski definition) is 1. The molecule has 0 aliphatic heterocycles. The average molecular weight is 227 g/mol. The van der Waals surface area contributed by atoms with Gasteiger partial charge < -0.3 is 0 Å². The molecule has 1 aromatic heterocycles. The molecule has 1 heterocycles. The van der Waals surface area contributed by atoms with Crippen molar-refractivity contribution in [1.29, 1.82) is 0 Å². The van der Waals surface area contributed by atoms with Gasteiger partial charge in [0, 0.05) is 29.6 Å². The summed E-state index contributed by atoms with van der Waals surface area (Å²) in [7, 11) is 0.